The van der Waals surface area contributed by atoms with Crippen LogP contribution < -0.4 is 21.3 Å². The molecule has 4 N–H and O–H groups in total. The second-order valence-corrected chi connectivity index (χ2v) is 3.80. The number of benzene rings is 1. The smallest absolute Gasteiger partial charge is 0.144 e. The van der Waals surface area contributed by atoms with E-state index in [0.717, 1.165) is 17.0 Å². The zero-order valence-electron chi connectivity index (χ0n) is 12.0. The molecule has 18 heavy (non-hydrogen) atoms. The number of methoxy groups -OCH3 is 1. The Bertz CT molecular complexity index is 375. The maximum atomic E-state index is 5.91. The standard InChI is InChI=1S/C12H19N3O.C2H6/c1-9(2)10-5-4-6-11(16-3)12(10)15(14)8-7-13;1-2/h4-9H,13-14H2,1-3H3;1-2H3/b8-7-;. The van der Waals surface area contributed by atoms with Gasteiger partial charge in [0.25, 0.3) is 0 Å². The van der Waals surface area contributed by atoms with Crippen molar-refractivity contribution in [3.63, 3.8) is 0 Å². The SMILES string of the molecule is CC.COc1cccc(C(C)C)c1N(N)/C=C\N. The summed E-state index contributed by atoms with van der Waals surface area (Å²) >= 11 is 0. The van der Waals surface area contributed by atoms with Gasteiger partial charge >= 0.3 is 0 Å². The molecule has 0 aromatic heterocycles. The van der Waals surface area contributed by atoms with Gasteiger partial charge in [-0.1, -0.05) is 39.8 Å². The average molecular weight is 251 g/mol. The maximum absolute atomic E-state index is 5.91. The Labute approximate surface area is 110 Å². The van der Waals surface area contributed by atoms with Crippen molar-refractivity contribution in [2.24, 2.45) is 11.6 Å². The zero-order valence-corrected chi connectivity index (χ0v) is 12.0. The van der Waals surface area contributed by atoms with Gasteiger partial charge in [0, 0.05) is 12.4 Å². The van der Waals surface area contributed by atoms with Gasteiger partial charge in [0.2, 0.25) is 0 Å². The summed E-state index contributed by atoms with van der Waals surface area (Å²) in [5.74, 6) is 7.01. The number of rotatable bonds is 4. The van der Waals surface area contributed by atoms with E-state index in [-0.39, 0.29) is 0 Å². The first kappa shape index (κ1) is 16.3. The van der Waals surface area contributed by atoms with Gasteiger partial charge in [-0.2, -0.15) is 0 Å². The van der Waals surface area contributed by atoms with Gasteiger partial charge in [0.05, 0.1) is 7.11 Å². The lowest BCUT2D eigenvalue weighted by molar-refractivity contribution is 0.414. The average Bonchev–Trinajstić information content (AvgIpc) is 2.40. The fourth-order valence-electron chi connectivity index (χ4n) is 1.61. The van der Waals surface area contributed by atoms with Crippen LogP contribution in [0.3, 0.4) is 0 Å². The Morgan fingerprint density at radius 2 is 1.89 bits per heavy atom. The van der Waals surface area contributed by atoms with Crippen molar-refractivity contribution in [1.82, 2.24) is 0 Å². The molecule has 0 saturated carbocycles. The molecule has 0 spiro atoms. The van der Waals surface area contributed by atoms with Crippen LogP contribution in [0, 0.1) is 0 Å². The second kappa shape index (κ2) is 8.42. The summed E-state index contributed by atoms with van der Waals surface area (Å²) in [4.78, 5) is 0. The van der Waals surface area contributed by atoms with Crippen LogP contribution in [0.5, 0.6) is 5.75 Å². The number of hydrazine groups is 1. The van der Waals surface area contributed by atoms with E-state index in [4.69, 9.17) is 16.3 Å². The van der Waals surface area contributed by atoms with E-state index in [1.54, 1.807) is 13.3 Å². The van der Waals surface area contributed by atoms with Crippen LogP contribution >= 0.6 is 0 Å². The number of anilines is 1. The minimum absolute atomic E-state index is 0.363. The molecule has 0 fully saturated rings. The minimum atomic E-state index is 0.363. The molecular formula is C14H25N3O. The molecule has 0 atom stereocenters. The van der Waals surface area contributed by atoms with Crippen LogP contribution in [0.4, 0.5) is 5.69 Å². The zero-order chi connectivity index (χ0) is 14.1. The highest BCUT2D eigenvalue weighted by Crippen LogP contribution is 2.34. The second-order valence-electron chi connectivity index (χ2n) is 3.80. The quantitative estimate of drug-likeness (QED) is 0.638. The van der Waals surface area contributed by atoms with Gasteiger partial charge in [-0.25, -0.2) is 5.84 Å². The summed E-state index contributed by atoms with van der Waals surface area (Å²) in [5.41, 5.74) is 7.32. The number of nitrogens with two attached hydrogens (primary N) is 2. The number of para-hydroxylation sites is 1. The lowest BCUT2D eigenvalue weighted by Gasteiger charge is -2.22. The predicted molar refractivity (Wildman–Crippen MR) is 78.4 cm³/mol. The summed E-state index contributed by atoms with van der Waals surface area (Å²) in [5, 5.41) is 1.48. The molecule has 0 heterocycles. The van der Waals surface area contributed by atoms with E-state index in [9.17, 15) is 0 Å². The summed E-state index contributed by atoms with van der Waals surface area (Å²) in [6.07, 6.45) is 3.00. The van der Waals surface area contributed by atoms with Gasteiger partial charge in [-0.05, 0) is 17.5 Å². The fourth-order valence-corrected chi connectivity index (χ4v) is 1.61. The van der Waals surface area contributed by atoms with Crippen molar-refractivity contribution in [2.75, 3.05) is 12.1 Å². The maximum Gasteiger partial charge on any atom is 0.144 e. The third kappa shape index (κ3) is 3.96. The number of hydrogen-bond donors (Lipinski definition) is 2. The first-order valence-electron chi connectivity index (χ1n) is 6.21. The lowest BCUT2D eigenvalue weighted by Crippen LogP contribution is -2.26. The first-order chi connectivity index (χ1) is 8.61. The van der Waals surface area contributed by atoms with E-state index in [2.05, 4.69) is 13.8 Å². The molecule has 0 radical (unpaired) electrons. The first-order valence-corrected chi connectivity index (χ1v) is 6.21. The Balaban J connectivity index is 0.00000137. The Morgan fingerprint density at radius 3 is 2.33 bits per heavy atom. The molecule has 0 saturated heterocycles. The van der Waals surface area contributed by atoms with E-state index in [0.29, 0.717) is 5.92 Å². The summed E-state index contributed by atoms with van der Waals surface area (Å²) in [7, 11) is 1.63. The minimum Gasteiger partial charge on any atom is -0.495 e. The van der Waals surface area contributed by atoms with Crippen molar-refractivity contribution < 1.29 is 4.74 Å². The van der Waals surface area contributed by atoms with Crippen LogP contribution in [-0.4, -0.2) is 7.11 Å². The van der Waals surface area contributed by atoms with Crippen LogP contribution in [-0.2, 0) is 0 Å². The van der Waals surface area contributed by atoms with E-state index < -0.39 is 0 Å². The van der Waals surface area contributed by atoms with Crippen LogP contribution in [0.2, 0.25) is 0 Å². The van der Waals surface area contributed by atoms with Crippen LogP contribution in [0.25, 0.3) is 0 Å². The molecular weight excluding hydrogens is 226 g/mol. The van der Waals surface area contributed by atoms with Crippen LogP contribution in [0.15, 0.2) is 30.6 Å². The van der Waals surface area contributed by atoms with Crippen molar-refractivity contribution >= 4 is 5.69 Å². The molecule has 0 bridgehead atoms. The fraction of sp³-hybridized carbons (Fsp3) is 0.429. The highest BCUT2D eigenvalue weighted by molar-refractivity contribution is 5.65. The normalized spacial score (nSPS) is 10.2. The molecule has 1 aromatic rings. The third-order valence-corrected chi connectivity index (χ3v) is 2.38. The van der Waals surface area contributed by atoms with Crippen molar-refractivity contribution in [1.29, 1.82) is 0 Å². The van der Waals surface area contributed by atoms with Gasteiger partial charge in [-0.15, -0.1) is 0 Å². The summed E-state index contributed by atoms with van der Waals surface area (Å²) in [6.45, 7) is 8.22. The van der Waals surface area contributed by atoms with E-state index in [1.807, 2.05) is 32.0 Å². The molecule has 0 aliphatic heterocycles. The van der Waals surface area contributed by atoms with Gasteiger partial charge in [-0.3, -0.25) is 5.01 Å². The highest BCUT2D eigenvalue weighted by Gasteiger charge is 2.14. The Hall–Kier alpha value is -1.68. The highest BCUT2D eigenvalue weighted by atomic mass is 16.5. The summed E-state index contributed by atoms with van der Waals surface area (Å²) in [6, 6.07) is 5.87. The number of ether oxygens (including phenoxy) is 1. The monoisotopic (exact) mass is 251 g/mol. The predicted octanol–water partition coefficient (Wildman–Crippen LogP) is 2.95. The topological polar surface area (TPSA) is 64.5 Å². The molecule has 0 unspecified atom stereocenters. The van der Waals surface area contributed by atoms with Gasteiger partial charge in [0.15, 0.2) is 0 Å². The van der Waals surface area contributed by atoms with Gasteiger partial charge in [0.1, 0.15) is 11.4 Å². The third-order valence-electron chi connectivity index (χ3n) is 2.38. The molecule has 4 nitrogen and oxygen atoms in total. The van der Waals surface area contributed by atoms with Crippen molar-refractivity contribution in [2.45, 2.75) is 33.6 Å². The van der Waals surface area contributed by atoms with Crippen molar-refractivity contribution in [3.05, 3.63) is 36.2 Å². The summed E-state index contributed by atoms with van der Waals surface area (Å²) < 4.78 is 5.31. The molecule has 0 amide bonds. The molecule has 0 aliphatic rings. The lowest BCUT2D eigenvalue weighted by atomic mass is 10.0. The van der Waals surface area contributed by atoms with E-state index >= 15 is 0 Å². The van der Waals surface area contributed by atoms with Crippen LogP contribution in [0.1, 0.15) is 39.2 Å². The van der Waals surface area contributed by atoms with Gasteiger partial charge < -0.3 is 10.5 Å². The molecule has 4 heteroatoms. The molecule has 1 aromatic carbocycles. The molecule has 1 rings (SSSR count). The largest absolute Gasteiger partial charge is 0.495 e. The number of nitrogens with zero attached hydrogens (tertiary/aromatic N) is 1. The number of hydrogen-bond acceptors (Lipinski definition) is 4. The Kier molecular flexibility index (Phi) is 7.63. The Morgan fingerprint density at radius 1 is 1.28 bits per heavy atom. The molecule has 102 valence electrons. The molecule has 0 aliphatic carbocycles. The van der Waals surface area contributed by atoms with E-state index in [1.165, 1.54) is 11.2 Å². The van der Waals surface area contributed by atoms with Crippen molar-refractivity contribution in [3.8, 4) is 5.75 Å².